The largest absolute Gasteiger partial charge is 0.337 e. The Kier molecular flexibility index (Phi) is 2.86. The van der Waals surface area contributed by atoms with Crippen LogP contribution in [0.3, 0.4) is 0 Å². The average molecular weight is 266 g/mol. The fraction of sp³-hybridized carbons (Fsp3) is 0.188. The number of amides is 1. The molecular weight excluding hydrogens is 252 g/mol. The number of hydrogen-bond donors (Lipinski definition) is 0. The molecule has 1 aliphatic heterocycles. The molecule has 100 valence electrons. The Labute approximate surface area is 117 Å². The van der Waals surface area contributed by atoms with E-state index in [9.17, 15) is 9.59 Å². The van der Waals surface area contributed by atoms with Crippen LogP contribution in [-0.4, -0.2) is 28.6 Å². The highest BCUT2D eigenvalue weighted by molar-refractivity contribution is 5.98. The van der Waals surface area contributed by atoms with E-state index in [2.05, 4.69) is 4.98 Å². The molecule has 20 heavy (non-hydrogen) atoms. The van der Waals surface area contributed by atoms with Crippen LogP contribution < -0.4 is 0 Å². The normalized spacial score (nSPS) is 13.5. The summed E-state index contributed by atoms with van der Waals surface area (Å²) in [6.07, 6.45) is 1.59. The van der Waals surface area contributed by atoms with Gasteiger partial charge in [-0.2, -0.15) is 0 Å². The molecule has 0 radical (unpaired) electrons. The molecule has 0 saturated heterocycles. The predicted molar refractivity (Wildman–Crippen MR) is 75.5 cm³/mol. The summed E-state index contributed by atoms with van der Waals surface area (Å²) < 4.78 is 0. The lowest BCUT2D eigenvalue weighted by atomic mass is 10.0. The summed E-state index contributed by atoms with van der Waals surface area (Å²) in [5, 5.41) is 0. The summed E-state index contributed by atoms with van der Waals surface area (Å²) in [4.78, 5) is 29.1. The van der Waals surface area contributed by atoms with Crippen molar-refractivity contribution in [2.45, 2.75) is 13.5 Å². The molecule has 4 heteroatoms. The number of Topliss-reactive ketones (excluding diaryl/α,β-unsaturated/α-hetero) is 1. The first-order valence-electron chi connectivity index (χ1n) is 6.42. The lowest BCUT2D eigenvalue weighted by Gasteiger charge is -2.04. The van der Waals surface area contributed by atoms with E-state index in [0.29, 0.717) is 12.1 Å². The van der Waals surface area contributed by atoms with E-state index in [1.807, 2.05) is 24.3 Å². The maximum atomic E-state index is 11.8. The lowest BCUT2D eigenvalue weighted by molar-refractivity contribution is 0.0816. The van der Waals surface area contributed by atoms with Crippen molar-refractivity contribution >= 4 is 11.7 Å². The third kappa shape index (κ3) is 1.99. The van der Waals surface area contributed by atoms with Crippen LogP contribution in [0.4, 0.5) is 0 Å². The van der Waals surface area contributed by atoms with E-state index >= 15 is 0 Å². The number of rotatable bonds is 2. The number of benzene rings is 1. The van der Waals surface area contributed by atoms with Gasteiger partial charge in [0.15, 0.2) is 5.78 Å². The minimum atomic E-state index is 0.00484. The van der Waals surface area contributed by atoms with Gasteiger partial charge in [0.1, 0.15) is 0 Å². The molecule has 3 rings (SSSR count). The zero-order valence-electron chi connectivity index (χ0n) is 11.4. The van der Waals surface area contributed by atoms with E-state index in [1.165, 1.54) is 6.92 Å². The van der Waals surface area contributed by atoms with Gasteiger partial charge >= 0.3 is 0 Å². The first-order chi connectivity index (χ1) is 9.56. The number of carbonyl (C=O) groups is 2. The number of pyridine rings is 1. The third-order valence-electron chi connectivity index (χ3n) is 3.56. The molecule has 1 aliphatic rings. The van der Waals surface area contributed by atoms with E-state index < -0.39 is 0 Å². The highest BCUT2D eigenvalue weighted by Crippen LogP contribution is 2.26. The molecule has 0 fully saturated rings. The van der Waals surface area contributed by atoms with E-state index in [1.54, 1.807) is 24.2 Å². The summed E-state index contributed by atoms with van der Waals surface area (Å²) in [7, 11) is 1.79. The van der Waals surface area contributed by atoms with Crippen molar-refractivity contribution < 1.29 is 9.59 Å². The highest BCUT2D eigenvalue weighted by atomic mass is 16.2. The van der Waals surface area contributed by atoms with Gasteiger partial charge in [-0.05, 0) is 36.8 Å². The monoisotopic (exact) mass is 266 g/mol. The number of carbonyl (C=O) groups excluding carboxylic acids is 2. The van der Waals surface area contributed by atoms with Gasteiger partial charge in [-0.1, -0.05) is 6.07 Å². The van der Waals surface area contributed by atoms with Gasteiger partial charge < -0.3 is 4.90 Å². The molecule has 0 saturated carbocycles. The van der Waals surface area contributed by atoms with Gasteiger partial charge in [0.25, 0.3) is 5.91 Å². The molecule has 1 aromatic carbocycles. The number of fused-ring (bicyclic) bond motifs is 1. The zero-order valence-corrected chi connectivity index (χ0v) is 11.4. The summed E-state index contributed by atoms with van der Waals surface area (Å²) in [5.74, 6) is 0.0664. The number of hydrogen-bond acceptors (Lipinski definition) is 3. The smallest absolute Gasteiger partial charge is 0.254 e. The van der Waals surface area contributed by atoms with E-state index in [0.717, 1.165) is 22.4 Å². The fourth-order valence-electron chi connectivity index (χ4n) is 2.40. The first-order valence-corrected chi connectivity index (χ1v) is 6.42. The van der Waals surface area contributed by atoms with Crippen LogP contribution in [0.15, 0.2) is 36.5 Å². The maximum absolute atomic E-state index is 11.8. The minimum Gasteiger partial charge on any atom is -0.337 e. The molecule has 2 aromatic rings. The van der Waals surface area contributed by atoms with Crippen LogP contribution in [0, 0.1) is 0 Å². The van der Waals surface area contributed by atoms with Crippen molar-refractivity contribution in [1.82, 2.24) is 9.88 Å². The molecule has 1 aromatic heterocycles. The molecule has 2 heterocycles. The van der Waals surface area contributed by atoms with Gasteiger partial charge in [-0.3, -0.25) is 14.6 Å². The number of aromatic nitrogens is 1. The topological polar surface area (TPSA) is 50.3 Å². The van der Waals surface area contributed by atoms with Gasteiger partial charge in [0.2, 0.25) is 0 Å². The van der Waals surface area contributed by atoms with Gasteiger partial charge in [-0.25, -0.2) is 0 Å². The Bertz CT molecular complexity index is 705. The molecule has 1 amide bonds. The van der Waals surface area contributed by atoms with Gasteiger partial charge in [0.05, 0.1) is 5.69 Å². The summed E-state index contributed by atoms with van der Waals surface area (Å²) in [6, 6.07) is 9.34. The molecule has 0 unspecified atom stereocenters. The second-order valence-electron chi connectivity index (χ2n) is 5.02. The first kappa shape index (κ1) is 12.5. The standard InChI is InChI=1S/C16H14N2O2/c1-10(19)12-4-6-15(17-8-12)11-3-5-14-13(7-11)9-18(2)16(14)20/h3-8H,9H2,1-2H3. The van der Waals surface area contributed by atoms with Crippen molar-refractivity contribution in [2.24, 2.45) is 0 Å². The third-order valence-corrected chi connectivity index (χ3v) is 3.56. The summed E-state index contributed by atoms with van der Waals surface area (Å²) >= 11 is 0. The Morgan fingerprint density at radius 2 is 2.05 bits per heavy atom. The van der Waals surface area contributed by atoms with Crippen LogP contribution in [-0.2, 0) is 6.54 Å². The van der Waals surface area contributed by atoms with Crippen molar-refractivity contribution in [3.63, 3.8) is 0 Å². The van der Waals surface area contributed by atoms with Crippen LogP contribution >= 0.6 is 0 Å². The average Bonchev–Trinajstić information content (AvgIpc) is 2.74. The highest BCUT2D eigenvalue weighted by Gasteiger charge is 2.24. The quantitative estimate of drug-likeness (QED) is 0.785. The maximum Gasteiger partial charge on any atom is 0.254 e. The van der Waals surface area contributed by atoms with Gasteiger partial charge in [0, 0.05) is 36.5 Å². The van der Waals surface area contributed by atoms with Crippen molar-refractivity contribution in [3.8, 4) is 11.3 Å². The van der Waals surface area contributed by atoms with Crippen LogP contribution in [0.5, 0.6) is 0 Å². The molecule has 4 nitrogen and oxygen atoms in total. The Hall–Kier alpha value is -2.49. The molecule has 0 spiro atoms. The number of nitrogens with zero attached hydrogens (tertiary/aromatic N) is 2. The molecule has 0 aliphatic carbocycles. The lowest BCUT2D eigenvalue weighted by Crippen LogP contribution is -2.17. The summed E-state index contributed by atoms with van der Waals surface area (Å²) in [6.45, 7) is 2.15. The Morgan fingerprint density at radius 1 is 1.25 bits per heavy atom. The fourth-order valence-corrected chi connectivity index (χ4v) is 2.40. The number of ketones is 1. The SMILES string of the molecule is CC(=O)c1ccc(-c2ccc3c(c2)CN(C)C3=O)nc1. The second kappa shape index (κ2) is 4.56. The predicted octanol–water partition coefficient (Wildman–Crippen LogP) is 2.54. The Balaban J connectivity index is 1.98. The van der Waals surface area contributed by atoms with E-state index in [-0.39, 0.29) is 11.7 Å². The van der Waals surface area contributed by atoms with Crippen molar-refractivity contribution in [3.05, 3.63) is 53.2 Å². The molecular formula is C16H14N2O2. The molecule has 0 N–H and O–H groups in total. The van der Waals surface area contributed by atoms with Crippen molar-refractivity contribution in [2.75, 3.05) is 7.05 Å². The van der Waals surface area contributed by atoms with Crippen LogP contribution in [0.1, 0.15) is 33.2 Å². The van der Waals surface area contributed by atoms with Crippen LogP contribution in [0.2, 0.25) is 0 Å². The van der Waals surface area contributed by atoms with E-state index in [4.69, 9.17) is 0 Å². The Morgan fingerprint density at radius 3 is 2.70 bits per heavy atom. The molecule has 0 atom stereocenters. The van der Waals surface area contributed by atoms with Gasteiger partial charge in [-0.15, -0.1) is 0 Å². The summed E-state index contributed by atoms with van der Waals surface area (Å²) in [5.41, 5.74) is 4.15. The van der Waals surface area contributed by atoms with Crippen LogP contribution in [0.25, 0.3) is 11.3 Å². The van der Waals surface area contributed by atoms with Crippen molar-refractivity contribution in [1.29, 1.82) is 0 Å². The second-order valence-corrected chi connectivity index (χ2v) is 5.02. The minimum absolute atomic E-state index is 0.00484. The molecule has 0 bridgehead atoms. The zero-order chi connectivity index (χ0) is 14.3.